The third kappa shape index (κ3) is 3.74. The number of carbonyl (C=O) groups is 1. The van der Waals surface area contributed by atoms with Gasteiger partial charge in [0.1, 0.15) is 0 Å². The van der Waals surface area contributed by atoms with E-state index >= 15 is 0 Å². The molecule has 0 atom stereocenters. The van der Waals surface area contributed by atoms with Crippen LogP contribution in [0.1, 0.15) is 16.1 Å². The van der Waals surface area contributed by atoms with Gasteiger partial charge in [0, 0.05) is 42.6 Å². The van der Waals surface area contributed by atoms with E-state index in [4.69, 9.17) is 0 Å². The number of rotatable bonds is 5. The molecule has 0 spiro atoms. The Morgan fingerprint density at radius 1 is 1.17 bits per heavy atom. The van der Waals surface area contributed by atoms with Crippen LogP contribution in [0, 0.1) is 0 Å². The van der Waals surface area contributed by atoms with E-state index in [9.17, 15) is 4.79 Å². The minimum atomic E-state index is -0.0435. The highest BCUT2D eigenvalue weighted by Gasteiger charge is 2.13. The maximum atomic E-state index is 12.5. The lowest BCUT2D eigenvalue weighted by atomic mass is 10.1. The van der Waals surface area contributed by atoms with Crippen LogP contribution in [0.2, 0.25) is 0 Å². The monoisotopic (exact) mass is 307 g/mol. The van der Waals surface area contributed by atoms with Gasteiger partial charge in [0.15, 0.2) is 0 Å². The zero-order valence-electron chi connectivity index (χ0n) is 12.7. The first-order valence-corrected chi connectivity index (χ1v) is 7.22. The van der Waals surface area contributed by atoms with Crippen molar-refractivity contribution in [2.75, 3.05) is 12.4 Å². The van der Waals surface area contributed by atoms with Gasteiger partial charge in [-0.2, -0.15) is 0 Å². The molecule has 116 valence electrons. The van der Waals surface area contributed by atoms with E-state index in [1.807, 2.05) is 36.4 Å². The van der Waals surface area contributed by atoms with Gasteiger partial charge in [0.25, 0.3) is 5.91 Å². The molecule has 0 saturated heterocycles. The molecule has 6 nitrogen and oxygen atoms in total. The van der Waals surface area contributed by atoms with E-state index in [0.29, 0.717) is 12.1 Å². The molecule has 0 fully saturated rings. The van der Waals surface area contributed by atoms with Crippen LogP contribution in [-0.2, 0) is 6.54 Å². The molecule has 1 amide bonds. The summed E-state index contributed by atoms with van der Waals surface area (Å²) in [6.45, 7) is 0.487. The summed E-state index contributed by atoms with van der Waals surface area (Å²) in [5.74, 6) is -0.0435. The van der Waals surface area contributed by atoms with Crippen molar-refractivity contribution in [2.24, 2.45) is 0 Å². The summed E-state index contributed by atoms with van der Waals surface area (Å²) in [7, 11) is 1.77. The fourth-order valence-electron chi connectivity index (χ4n) is 2.25. The van der Waals surface area contributed by atoms with Crippen LogP contribution in [0.4, 0.5) is 11.4 Å². The van der Waals surface area contributed by atoms with Crippen molar-refractivity contribution in [1.29, 1.82) is 0 Å². The lowest BCUT2D eigenvalue weighted by Crippen LogP contribution is -2.26. The number of nitrogens with one attached hydrogen (secondary N) is 2. The molecular formula is C17H17N5O. The van der Waals surface area contributed by atoms with Crippen LogP contribution in [0.25, 0.3) is 0 Å². The number of amides is 1. The number of pyridine rings is 1. The molecule has 2 N–H and O–H groups in total. The van der Waals surface area contributed by atoms with E-state index in [-0.39, 0.29) is 5.91 Å². The lowest BCUT2D eigenvalue weighted by molar-refractivity contribution is 0.0783. The first-order valence-electron chi connectivity index (χ1n) is 7.22. The Morgan fingerprint density at radius 3 is 2.74 bits per heavy atom. The van der Waals surface area contributed by atoms with Crippen LogP contribution in [0.3, 0.4) is 0 Å². The molecule has 3 aromatic rings. The number of carbonyl (C=O) groups excluding carboxylic acids is 1. The van der Waals surface area contributed by atoms with Crippen molar-refractivity contribution in [3.05, 3.63) is 72.6 Å². The van der Waals surface area contributed by atoms with Gasteiger partial charge in [-0.1, -0.05) is 6.07 Å². The third-order valence-electron chi connectivity index (χ3n) is 3.39. The van der Waals surface area contributed by atoms with Crippen LogP contribution >= 0.6 is 0 Å². The van der Waals surface area contributed by atoms with Crippen LogP contribution in [0.5, 0.6) is 0 Å². The van der Waals surface area contributed by atoms with Crippen molar-refractivity contribution in [2.45, 2.75) is 6.54 Å². The Bertz CT molecular complexity index is 771. The fourth-order valence-corrected chi connectivity index (χ4v) is 2.25. The van der Waals surface area contributed by atoms with Crippen molar-refractivity contribution >= 4 is 17.3 Å². The smallest absolute Gasteiger partial charge is 0.254 e. The second-order valence-electron chi connectivity index (χ2n) is 5.18. The Morgan fingerprint density at radius 2 is 2.00 bits per heavy atom. The minimum Gasteiger partial charge on any atom is -0.355 e. The van der Waals surface area contributed by atoms with Crippen molar-refractivity contribution in [1.82, 2.24) is 19.9 Å². The molecule has 1 aromatic carbocycles. The summed E-state index contributed by atoms with van der Waals surface area (Å²) in [4.78, 5) is 25.1. The number of anilines is 2. The van der Waals surface area contributed by atoms with Gasteiger partial charge in [0.05, 0.1) is 18.6 Å². The van der Waals surface area contributed by atoms with Gasteiger partial charge >= 0.3 is 0 Å². The lowest BCUT2D eigenvalue weighted by Gasteiger charge is -2.17. The van der Waals surface area contributed by atoms with E-state index in [0.717, 1.165) is 17.1 Å². The number of benzene rings is 1. The Kier molecular flexibility index (Phi) is 4.33. The van der Waals surface area contributed by atoms with Gasteiger partial charge in [-0.15, -0.1) is 0 Å². The fraction of sp³-hybridized carbons (Fsp3) is 0.118. The molecule has 6 heteroatoms. The molecule has 0 radical (unpaired) electrons. The van der Waals surface area contributed by atoms with E-state index in [1.165, 1.54) is 0 Å². The highest BCUT2D eigenvalue weighted by molar-refractivity contribution is 5.95. The molecule has 0 aliphatic carbocycles. The minimum absolute atomic E-state index is 0.0435. The zero-order valence-corrected chi connectivity index (χ0v) is 12.7. The van der Waals surface area contributed by atoms with E-state index in [2.05, 4.69) is 20.3 Å². The largest absolute Gasteiger partial charge is 0.355 e. The summed E-state index contributed by atoms with van der Waals surface area (Å²) in [5.41, 5.74) is 3.31. The Hall–Kier alpha value is -3.15. The predicted molar refractivity (Wildman–Crippen MR) is 88.3 cm³/mol. The summed E-state index contributed by atoms with van der Waals surface area (Å²) in [6, 6.07) is 11.2. The molecule has 0 aliphatic heterocycles. The maximum absolute atomic E-state index is 12.5. The molecule has 23 heavy (non-hydrogen) atoms. The van der Waals surface area contributed by atoms with Gasteiger partial charge in [-0.3, -0.25) is 9.78 Å². The summed E-state index contributed by atoms with van der Waals surface area (Å²) >= 11 is 0. The van der Waals surface area contributed by atoms with Gasteiger partial charge < -0.3 is 15.2 Å². The first kappa shape index (κ1) is 14.8. The maximum Gasteiger partial charge on any atom is 0.254 e. The summed E-state index contributed by atoms with van der Waals surface area (Å²) in [5, 5.41) is 3.26. The molecule has 0 saturated carbocycles. The van der Waals surface area contributed by atoms with Gasteiger partial charge in [-0.05, 0) is 30.3 Å². The van der Waals surface area contributed by atoms with E-state index < -0.39 is 0 Å². The number of H-pyrrole nitrogens is 1. The van der Waals surface area contributed by atoms with E-state index in [1.54, 1.807) is 36.9 Å². The topological polar surface area (TPSA) is 73.9 Å². The molecule has 0 aliphatic rings. The molecule has 2 aromatic heterocycles. The second kappa shape index (κ2) is 6.74. The van der Waals surface area contributed by atoms with Gasteiger partial charge in [0.2, 0.25) is 0 Å². The quantitative estimate of drug-likeness (QED) is 0.760. The zero-order chi connectivity index (χ0) is 16.1. The molecule has 2 heterocycles. The highest BCUT2D eigenvalue weighted by atomic mass is 16.2. The number of hydrogen-bond acceptors (Lipinski definition) is 4. The Balaban J connectivity index is 1.72. The molecule has 0 unspecified atom stereocenters. The molecule has 0 bridgehead atoms. The number of imidazole rings is 1. The number of aromatic amines is 1. The second-order valence-corrected chi connectivity index (χ2v) is 5.18. The SMILES string of the molecule is CN(Cc1cnc[nH]1)C(=O)c1cccc(Nc2ccncc2)c1. The predicted octanol–water partition coefficient (Wildman–Crippen LogP) is 2.82. The number of hydrogen-bond donors (Lipinski definition) is 2. The normalized spacial score (nSPS) is 10.3. The van der Waals surface area contributed by atoms with Crippen molar-refractivity contribution in [3.63, 3.8) is 0 Å². The first-order chi connectivity index (χ1) is 11.2. The highest BCUT2D eigenvalue weighted by Crippen LogP contribution is 2.18. The summed E-state index contributed by atoms with van der Waals surface area (Å²) < 4.78 is 0. The summed E-state index contributed by atoms with van der Waals surface area (Å²) in [6.07, 6.45) is 6.75. The van der Waals surface area contributed by atoms with Crippen LogP contribution in [-0.4, -0.2) is 32.8 Å². The molecular weight excluding hydrogens is 290 g/mol. The Labute approximate surface area is 134 Å². The average molecular weight is 307 g/mol. The van der Waals surface area contributed by atoms with Crippen LogP contribution < -0.4 is 5.32 Å². The van der Waals surface area contributed by atoms with Crippen LogP contribution in [0.15, 0.2) is 61.3 Å². The number of aromatic nitrogens is 3. The van der Waals surface area contributed by atoms with Gasteiger partial charge in [-0.25, -0.2) is 4.98 Å². The van der Waals surface area contributed by atoms with Crippen molar-refractivity contribution < 1.29 is 4.79 Å². The third-order valence-corrected chi connectivity index (χ3v) is 3.39. The average Bonchev–Trinajstić information content (AvgIpc) is 3.08. The number of nitrogens with zero attached hydrogens (tertiary/aromatic N) is 3. The standard InChI is InChI=1S/C17H17N5O/c1-22(11-16-10-19-12-20-16)17(23)13-3-2-4-15(9-13)21-14-5-7-18-8-6-14/h2-10,12H,11H2,1H3,(H,18,21)(H,19,20). The van der Waals surface area contributed by atoms with Crippen molar-refractivity contribution in [3.8, 4) is 0 Å². The molecule has 3 rings (SSSR count).